The molecule has 0 unspecified atom stereocenters. The number of nitrogens with two attached hydrogens (primary N) is 3. The minimum Gasteiger partial charge on any atom is -0.394 e. The Morgan fingerprint density at radius 2 is 2.10 bits per heavy atom. The van der Waals surface area contributed by atoms with Gasteiger partial charge in [0.2, 0.25) is 0 Å². The second kappa shape index (κ2) is 2.40. The normalized spacial score (nSPS) is 9.30. The van der Waals surface area contributed by atoms with Gasteiger partial charge in [0, 0.05) is 6.20 Å². The molecule has 0 spiro atoms. The monoisotopic (exact) mass is 139 g/mol. The molecule has 0 amide bonds. The highest BCUT2D eigenvalue weighted by atomic mass is 15.2. The largest absolute Gasteiger partial charge is 0.394 e. The Morgan fingerprint density at radius 3 is 2.60 bits per heavy atom. The van der Waals surface area contributed by atoms with Crippen molar-refractivity contribution < 1.29 is 0 Å². The number of pyridine rings is 1. The summed E-state index contributed by atoms with van der Waals surface area (Å²) in [7, 11) is 0. The zero-order valence-corrected chi connectivity index (χ0v) is 5.33. The van der Waals surface area contributed by atoms with Gasteiger partial charge in [-0.25, -0.2) is 4.98 Å². The molecule has 10 heavy (non-hydrogen) atoms. The summed E-state index contributed by atoms with van der Waals surface area (Å²) in [6, 6.07) is 1.64. The van der Waals surface area contributed by atoms with Crippen LogP contribution in [0.15, 0.2) is 12.3 Å². The Kier molecular flexibility index (Phi) is 1.59. The summed E-state index contributed by atoms with van der Waals surface area (Å²) in [6.45, 7) is 0. The van der Waals surface area contributed by atoms with E-state index in [-0.39, 0.29) is 5.82 Å². The molecule has 1 aromatic rings. The van der Waals surface area contributed by atoms with Gasteiger partial charge in [-0.15, -0.1) is 0 Å². The van der Waals surface area contributed by atoms with Crippen LogP contribution < -0.4 is 22.7 Å². The Hall–Kier alpha value is -1.49. The Labute approximate surface area is 58.2 Å². The van der Waals surface area contributed by atoms with E-state index in [1.165, 1.54) is 6.20 Å². The predicted molar refractivity (Wildman–Crippen MR) is 40.9 cm³/mol. The smallest absolute Gasteiger partial charge is 0.148 e. The fraction of sp³-hybridized carbons (Fsp3) is 0. The summed E-state index contributed by atoms with van der Waals surface area (Å²) in [4.78, 5) is 3.74. The highest BCUT2D eigenvalue weighted by Crippen LogP contribution is 2.20. The van der Waals surface area contributed by atoms with E-state index >= 15 is 0 Å². The van der Waals surface area contributed by atoms with Crippen LogP contribution in [0.1, 0.15) is 0 Å². The van der Waals surface area contributed by atoms with Gasteiger partial charge >= 0.3 is 0 Å². The van der Waals surface area contributed by atoms with Crippen LogP contribution in [0.25, 0.3) is 0 Å². The van der Waals surface area contributed by atoms with E-state index in [9.17, 15) is 0 Å². The minimum atomic E-state index is 0.287. The number of nitrogens with zero attached hydrogens (tertiary/aromatic N) is 1. The van der Waals surface area contributed by atoms with Crippen molar-refractivity contribution in [3.63, 3.8) is 0 Å². The second-order valence-electron chi connectivity index (χ2n) is 1.80. The third kappa shape index (κ3) is 0.939. The first-order valence-corrected chi connectivity index (χ1v) is 2.72. The topological polar surface area (TPSA) is 103 Å². The van der Waals surface area contributed by atoms with E-state index in [4.69, 9.17) is 17.3 Å². The number of hydrogen-bond acceptors (Lipinski definition) is 5. The molecular formula is C5H9N5. The van der Waals surface area contributed by atoms with Crippen LogP contribution >= 0.6 is 0 Å². The van der Waals surface area contributed by atoms with Gasteiger partial charge in [-0.3, -0.25) is 5.84 Å². The van der Waals surface area contributed by atoms with E-state index in [0.29, 0.717) is 11.4 Å². The van der Waals surface area contributed by atoms with Crippen LogP contribution in [-0.4, -0.2) is 4.98 Å². The number of anilines is 3. The van der Waals surface area contributed by atoms with Crippen LogP contribution in [0.5, 0.6) is 0 Å². The second-order valence-corrected chi connectivity index (χ2v) is 1.80. The van der Waals surface area contributed by atoms with E-state index in [1.807, 2.05) is 0 Å². The van der Waals surface area contributed by atoms with Gasteiger partial charge in [-0.05, 0) is 6.07 Å². The quantitative estimate of drug-likeness (QED) is 0.311. The zero-order chi connectivity index (χ0) is 7.56. The lowest BCUT2D eigenvalue weighted by molar-refractivity contribution is 1.29. The van der Waals surface area contributed by atoms with Gasteiger partial charge in [0.05, 0.1) is 11.4 Å². The fourth-order valence-electron chi connectivity index (χ4n) is 0.615. The molecule has 0 saturated heterocycles. The molecule has 0 saturated carbocycles. The van der Waals surface area contributed by atoms with Gasteiger partial charge in [-0.2, -0.15) is 0 Å². The molecule has 0 fully saturated rings. The number of rotatable bonds is 1. The summed E-state index contributed by atoms with van der Waals surface area (Å²) in [5.41, 5.74) is 14.2. The number of hydrazine groups is 1. The predicted octanol–water partition coefficient (Wildman–Crippen LogP) is -0.468. The van der Waals surface area contributed by atoms with Crippen molar-refractivity contribution in [1.82, 2.24) is 4.98 Å². The van der Waals surface area contributed by atoms with E-state index < -0.39 is 0 Å². The summed E-state index contributed by atoms with van der Waals surface area (Å²) in [6.07, 6.45) is 1.53. The molecule has 0 radical (unpaired) electrons. The maximum absolute atomic E-state index is 5.46. The maximum Gasteiger partial charge on any atom is 0.148 e. The molecule has 5 heteroatoms. The molecule has 7 N–H and O–H groups in total. The molecule has 0 atom stereocenters. The molecule has 1 rings (SSSR count). The SMILES string of the molecule is NNc1ccnc(N)c1N. The molecule has 5 nitrogen and oxygen atoms in total. The highest BCUT2D eigenvalue weighted by Gasteiger charge is 1.99. The third-order valence-corrected chi connectivity index (χ3v) is 1.18. The molecule has 1 aromatic heterocycles. The Morgan fingerprint density at radius 1 is 1.40 bits per heavy atom. The summed E-state index contributed by atoms with van der Waals surface area (Å²) < 4.78 is 0. The van der Waals surface area contributed by atoms with Crippen molar-refractivity contribution in [2.45, 2.75) is 0 Å². The molecule has 0 aliphatic rings. The number of hydrogen-bond donors (Lipinski definition) is 4. The molecule has 0 aliphatic heterocycles. The molecule has 0 aliphatic carbocycles. The Bertz CT molecular complexity index is 233. The maximum atomic E-state index is 5.46. The first-order chi connectivity index (χ1) is 4.75. The van der Waals surface area contributed by atoms with Crippen LogP contribution in [0.3, 0.4) is 0 Å². The molecule has 0 bridgehead atoms. The van der Waals surface area contributed by atoms with E-state index in [1.54, 1.807) is 6.07 Å². The molecule has 1 heterocycles. The van der Waals surface area contributed by atoms with Crippen LogP contribution in [0.2, 0.25) is 0 Å². The van der Waals surface area contributed by atoms with Gasteiger partial charge in [0.1, 0.15) is 5.82 Å². The lowest BCUT2D eigenvalue weighted by Gasteiger charge is -2.04. The van der Waals surface area contributed by atoms with Crippen LogP contribution in [-0.2, 0) is 0 Å². The number of nitrogen functional groups attached to an aromatic ring is 3. The lowest BCUT2D eigenvalue weighted by atomic mass is 10.3. The van der Waals surface area contributed by atoms with E-state index in [0.717, 1.165) is 0 Å². The van der Waals surface area contributed by atoms with Gasteiger partial charge in [-0.1, -0.05) is 0 Å². The summed E-state index contributed by atoms with van der Waals surface area (Å²) >= 11 is 0. The lowest BCUT2D eigenvalue weighted by Crippen LogP contribution is -2.10. The standard InChI is InChI=1S/C5H9N5/c6-4-3(10-8)1-2-9-5(4)7/h1-2H,6,8H2,(H3,7,9,10). The first kappa shape index (κ1) is 6.63. The Balaban J connectivity index is 3.14. The van der Waals surface area contributed by atoms with Crippen LogP contribution in [0, 0.1) is 0 Å². The number of nitrogens with one attached hydrogen (secondary N) is 1. The highest BCUT2D eigenvalue weighted by molar-refractivity contribution is 5.75. The fourth-order valence-corrected chi connectivity index (χ4v) is 0.615. The number of aromatic nitrogens is 1. The average molecular weight is 139 g/mol. The van der Waals surface area contributed by atoms with Gasteiger partial charge < -0.3 is 16.9 Å². The van der Waals surface area contributed by atoms with Crippen LogP contribution in [0.4, 0.5) is 17.2 Å². The van der Waals surface area contributed by atoms with Gasteiger partial charge in [0.25, 0.3) is 0 Å². The van der Waals surface area contributed by atoms with E-state index in [2.05, 4.69) is 10.4 Å². The van der Waals surface area contributed by atoms with Crippen molar-refractivity contribution in [3.05, 3.63) is 12.3 Å². The first-order valence-electron chi connectivity index (χ1n) is 2.72. The average Bonchev–Trinajstić information content (AvgIpc) is 1.95. The van der Waals surface area contributed by atoms with Crippen molar-refractivity contribution in [2.24, 2.45) is 5.84 Å². The minimum absolute atomic E-state index is 0.287. The molecule has 0 aromatic carbocycles. The summed E-state index contributed by atoms with van der Waals surface area (Å²) in [5.74, 6) is 5.39. The molecule has 54 valence electrons. The zero-order valence-electron chi connectivity index (χ0n) is 5.33. The molecular weight excluding hydrogens is 130 g/mol. The van der Waals surface area contributed by atoms with Crippen molar-refractivity contribution in [2.75, 3.05) is 16.9 Å². The summed E-state index contributed by atoms with van der Waals surface area (Å²) in [5, 5.41) is 0. The van der Waals surface area contributed by atoms with Crippen molar-refractivity contribution >= 4 is 17.2 Å². The van der Waals surface area contributed by atoms with Crippen molar-refractivity contribution in [3.8, 4) is 0 Å². The third-order valence-electron chi connectivity index (χ3n) is 1.18. The van der Waals surface area contributed by atoms with Crippen molar-refractivity contribution in [1.29, 1.82) is 0 Å². The van der Waals surface area contributed by atoms with Gasteiger partial charge in [0.15, 0.2) is 0 Å².